The summed E-state index contributed by atoms with van der Waals surface area (Å²) in [5.74, 6) is 0.173. The predicted octanol–water partition coefficient (Wildman–Crippen LogP) is -3.67. The zero-order chi connectivity index (χ0) is 8.27. The van der Waals surface area contributed by atoms with Crippen LogP contribution in [0.4, 0.5) is 5.69 Å². The zero-order valence-corrected chi connectivity index (χ0v) is 7.73. The maximum absolute atomic E-state index is 5.65. The van der Waals surface area contributed by atoms with Crippen molar-refractivity contribution in [2.75, 3.05) is 0 Å². The fourth-order valence-electron chi connectivity index (χ4n) is 0.700. The number of halogens is 2. The van der Waals surface area contributed by atoms with Gasteiger partial charge < -0.3 is 12.4 Å². The van der Waals surface area contributed by atoms with E-state index in [-0.39, 0.29) is 18.4 Å². The van der Waals surface area contributed by atoms with Crippen LogP contribution in [0.1, 0.15) is 0 Å². The smallest absolute Gasteiger partial charge is 0.343 e. The van der Waals surface area contributed by atoms with Crippen molar-refractivity contribution in [1.82, 2.24) is 0 Å². The molecule has 0 aromatic heterocycles. The fraction of sp³-hybridized carbons (Fsp3) is 0. The summed E-state index contributed by atoms with van der Waals surface area (Å²) >= 11 is 5.65. The average molecular weight is 206 g/mol. The Morgan fingerprint density at radius 3 is 2.08 bits per heavy atom. The van der Waals surface area contributed by atoms with E-state index < -0.39 is 0 Å². The molecule has 1 aromatic rings. The van der Waals surface area contributed by atoms with E-state index in [9.17, 15) is 0 Å². The van der Waals surface area contributed by atoms with Crippen LogP contribution in [0.25, 0.3) is 0 Å². The summed E-state index contributed by atoms with van der Waals surface area (Å²) in [6, 6.07) is 7.10. The van der Waals surface area contributed by atoms with Crippen LogP contribution in [-0.2, 0) is 0 Å². The molecule has 5 N–H and O–H groups in total. The number of nitrogens with one attached hydrogen (secondary N) is 1. The normalized spacial score (nSPS) is 8.42. The molecule has 1 aromatic carbocycles. The van der Waals surface area contributed by atoms with Crippen LogP contribution in [0, 0.1) is 0 Å². The van der Waals surface area contributed by atoms with Crippen molar-refractivity contribution in [2.45, 2.75) is 0 Å². The van der Waals surface area contributed by atoms with Crippen molar-refractivity contribution in [1.29, 1.82) is 0 Å². The molecule has 0 saturated carbocycles. The van der Waals surface area contributed by atoms with E-state index >= 15 is 0 Å². The molecule has 3 nitrogen and oxygen atoms in total. The van der Waals surface area contributed by atoms with Gasteiger partial charge >= 0.3 is 5.96 Å². The lowest BCUT2D eigenvalue weighted by Gasteiger charge is -1.91. The highest BCUT2D eigenvalue weighted by atomic mass is 35.5. The number of guanidine groups is 1. The van der Waals surface area contributed by atoms with Gasteiger partial charge in [0.2, 0.25) is 0 Å². The third-order valence-electron chi connectivity index (χ3n) is 1.13. The maximum atomic E-state index is 5.65. The van der Waals surface area contributed by atoms with Gasteiger partial charge in [0.15, 0.2) is 0 Å². The monoisotopic (exact) mass is 205 g/mol. The molecule has 5 heteroatoms. The van der Waals surface area contributed by atoms with E-state index in [1.807, 2.05) is 0 Å². The van der Waals surface area contributed by atoms with Crippen LogP contribution < -0.4 is 28.9 Å². The van der Waals surface area contributed by atoms with E-state index in [2.05, 4.69) is 4.99 Å². The Bertz CT molecular complexity index is 264. The summed E-state index contributed by atoms with van der Waals surface area (Å²) in [4.78, 5) is 2.75. The molecule has 0 unspecified atom stereocenters. The molecular weight excluding hydrogens is 197 g/mol. The molecule has 0 spiro atoms. The molecule has 0 fully saturated rings. The van der Waals surface area contributed by atoms with Gasteiger partial charge in [-0.3, -0.25) is 11.5 Å². The lowest BCUT2D eigenvalue weighted by Crippen LogP contribution is -3.00. The highest BCUT2D eigenvalue weighted by Crippen LogP contribution is 2.08. The molecular formula is C7H9Cl2N3. The predicted molar refractivity (Wildman–Crippen MR) is 45.5 cm³/mol. The Balaban J connectivity index is 0.00000121. The SMILES string of the molecule is NC(N)=[NH+]c1ccc(Cl)cc1.[Cl-]. The van der Waals surface area contributed by atoms with Crippen LogP contribution in [0.2, 0.25) is 5.02 Å². The van der Waals surface area contributed by atoms with Gasteiger partial charge in [-0.1, -0.05) is 11.6 Å². The van der Waals surface area contributed by atoms with Gasteiger partial charge in [0, 0.05) is 5.02 Å². The summed E-state index contributed by atoms with van der Waals surface area (Å²) in [5.41, 5.74) is 11.3. The number of hydrogen-bond acceptors (Lipinski definition) is 0. The summed E-state index contributed by atoms with van der Waals surface area (Å²) < 4.78 is 0. The first-order chi connectivity index (χ1) is 5.18. The molecule has 0 aliphatic carbocycles. The van der Waals surface area contributed by atoms with Gasteiger partial charge in [0.25, 0.3) is 0 Å². The Hall–Kier alpha value is -0.930. The molecule has 12 heavy (non-hydrogen) atoms. The molecule has 0 atom stereocenters. The first-order valence-electron chi connectivity index (χ1n) is 3.09. The fourth-order valence-corrected chi connectivity index (χ4v) is 0.826. The van der Waals surface area contributed by atoms with Gasteiger partial charge in [0.1, 0.15) is 0 Å². The second-order valence-corrected chi connectivity index (χ2v) is 2.52. The quantitative estimate of drug-likeness (QED) is 0.327. The average Bonchev–Trinajstić information content (AvgIpc) is 1.93. The Morgan fingerprint density at radius 2 is 1.67 bits per heavy atom. The van der Waals surface area contributed by atoms with Crippen molar-refractivity contribution < 1.29 is 17.4 Å². The Kier molecular flexibility index (Phi) is 4.47. The van der Waals surface area contributed by atoms with Crippen LogP contribution in [0.15, 0.2) is 24.3 Å². The molecule has 0 heterocycles. The minimum absolute atomic E-state index is 0. The van der Waals surface area contributed by atoms with Gasteiger partial charge in [-0.2, -0.15) is 0 Å². The number of rotatable bonds is 1. The number of hydrogen-bond donors (Lipinski definition) is 3. The van der Waals surface area contributed by atoms with E-state index in [1.165, 1.54) is 0 Å². The van der Waals surface area contributed by atoms with Crippen molar-refractivity contribution >= 4 is 23.2 Å². The van der Waals surface area contributed by atoms with E-state index in [0.717, 1.165) is 5.69 Å². The lowest BCUT2D eigenvalue weighted by atomic mass is 10.3. The molecule has 0 radical (unpaired) electrons. The van der Waals surface area contributed by atoms with E-state index in [4.69, 9.17) is 23.1 Å². The van der Waals surface area contributed by atoms with Gasteiger partial charge in [-0.15, -0.1) is 0 Å². The topological polar surface area (TPSA) is 66.0 Å². The molecule has 0 amide bonds. The largest absolute Gasteiger partial charge is 1.00 e. The Morgan fingerprint density at radius 1 is 1.17 bits per heavy atom. The maximum Gasteiger partial charge on any atom is 0.343 e. The minimum Gasteiger partial charge on any atom is -1.00 e. The van der Waals surface area contributed by atoms with Crippen LogP contribution in [0.3, 0.4) is 0 Å². The van der Waals surface area contributed by atoms with E-state index in [0.29, 0.717) is 5.02 Å². The van der Waals surface area contributed by atoms with E-state index in [1.54, 1.807) is 24.3 Å². The Labute approximate surface area is 81.8 Å². The molecule has 0 saturated heterocycles. The summed E-state index contributed by atoms with van der Waals surface area (Å²) in [6.45, 7) is 0. The third kappa shape index (κ3) is 3.46. The van der Waals surface area contributed by atoms with Crippen molar-refractivity contribution in [3.05, 3.63) is 29.3 Å². The highest BCUT2D eigenvalue weighted by Gasteiger charge is 1.91. The second-order valence-electron chi connectivity index (χ2n) is 2.09. The zero-order valence-electron chi connectivity index (χ0n) is 6.22. The first kappa shape index (κ1) is 11.1. The van der Waals surface area contributed by atoms with Crippen LogP contribution in [0.5, 0.6) is 0 Å². The summed E-state index contributed by atoms with van der Waals surface area (Å²) in [6.07, 6.45) is 0. The number of nitrogens with two attached hydrogens (primary N) is 2. The van der Waals surface area contributed by atoms with Gasteiger partial charge in [-0.25, -0.2) is 4.99 Å². The highest BCUT2D eigenvalue weighted by molar-refractivity contribution is 6.30. The summed E-state index contributed by atoms with van der Waals surface area (Å²) in [5, 5.41) is 0.686. The second kappa shape index (κ2) is 4.85. The van der Waals surface area contributed by atoms with Crippen LogP contribution >= 0.6 is 11.6 Å². The third-order valence-corrected chi connectivity index (χ3v) is 1.38. The summed E-state index contributed by atoms with van der Waals surface area (Å²) in [7, 11) is 0. The molecule has 66 valence electrons. The van der Waals surface area contributed by atoms with Crippen molar-refractivity contribution in [3.8, 4) is 0 Å². The van der Waals surface area contributed by atoms with Gasteiger partial charge in [-0.05, 0) is 24.3 Å². The number of benzene rings is 1. The standard InChI is InChI=1S/C7H8ClN3.ClH/c8-5-1-3-6(4-2-5)11-7(9)10;/h1-4H,(H4,9,10,11);1H. The van der Waals surface area contributed by atoms with Gasteiger partial charge in [0.05, 0.1) is 5.69 Å². The van der Waals surface area contributed by atoms with Crippen molar-refractivity contribution in [3.63, 3.8) is 0 Å². The molecule has 0 bridgehead atoms. The van der Waals surface area contributed by atoms with Crippen molar-refractivity contribution in [2.24, 2.45) is 11.5 Å². The minimum atomic E-state index is 0. The molecule has 0 aliphatic heterocycles. The first-order valence-corrected chi connectivity index (χ1v) is 3.47. The molecule has 1 rings (SSSR count). The molecule has 0 aliphatic rings. The van der Waals surface area contributed by atoms with Crippen LogP contribution in [-0.4, -0.2) is 5.96 Å². The lowest BCUT2D eigenvalue weighted by molar-refractivity contribution is -0.356.